The number of nitrogens with zero attached hydrogens (tertiary/aromatic N) is 1. The molecule has 0 saturated heterocycles. The molecule has 0 bridgehead atoms. The second kappa shape index (κ2) is 14.4. The lowest BCUT2D eigenvalue weighted by molar-refractivity contribution is 0.0468. The van der Waals surface area contributed by atoms with Crippen molar-refractivity contribution in [3.05, 3.63) is 0 Å². The van der Waals surface area contributed by atoms with E-state index in [0.29, 0.717) is 21.7 Å². The summed E-state index contributed by atoms with van der Waals surface area (Å²) in [5, 5.41) is 0. The van der Waals surface area contributed by atoms with Gasteiger partial charge >= 0.3 is 0 Å². The summed E-state index contributed by atoms with van der Waals surface area (Å²) in [5.74, 6) is 7.06. The molecule has 4 saturated carbocycles. The van der Waals surface area contributed by atoms with E-state index in [1.807, 2.05) is 0 Å². The van der Waals surface area contributed by atoms with Gasteiger partial charge in [-0.1, -0.05) is 110 Å². The number of rotatable bonds is 2. The molecule has 4 rings (SSSR count). The summed E-state index contributed by atoms with van der Waals surface area (Å²) in [7, 11) is 4.37. The Kier molecular flexibility index (Phi) is 13.7. The van der Waals surface area contributed by atoms with Gasteiger partial charge in [-0.25, -0.2) is 0 Å². The van der Waals surface area contributed by atoms with Gasteiger partial charge in [-0.2, -0.15) is 0 Å². The van der Waals surface area contributed by atoms with Crippen LogP contribution in [0.2, 0.25) is 0 Å². The van der Waals surface area contributed by atoms with Crippen LogP contribution in [0.1, 0.15) is 162 Å². The summed E-state index contributed by atoms with van der Waals surface area (Å²) < 4.78 is 0. The first-order valence-electron chi connectivity index (χ1n) is 17.1. The summed E-state index contributed by atoms with van der Waals surface area (Å²) in [6, 6.07) is 0.860. The van der Waals surface area contributed by atoms with E-state index in [4.69, 9.17) is 0 Å². The third-order valence-corrected chi connectivity index (χ3v) is 11.3. The van der Waals surface area contributed by atoms with Crippen molar-refractivity contribution in [3.63, 3.8) is 0 Å². The SMILES string of the molecule is CC1CC(C(C)(C)C)C1.CC1CC(C(C)(C)C)C1.CCC1CC(C(C)(C)C)C1.CN(C)C1CC(C(C)(C)C)C1. The van der Waals surface area contributed by atoms with E-state index in [1.54, 1.807) is 0 Å². The number of hydrogen-bond donors (Lipinski definition) is 0. The van der Waals surface area contributed by atoms with Crippen LogP contribution in [0.15, 0.2) is 0 Å². The lowest BCUT2D eigenvalue weighted by atomic mass is 9.62. The molecular formula is C38H77N. The topological polar surface area (TPSA) is 3.24 Å². The third kappa shape index (κ3) is 12.8. The van der Waals surface area contributed by atoms with E-state index in [2.05, 4.69) is 123 Å². The van der Waals surface area contributed by atoms with Gasteiger partial charge in [0.2, 0.25) is 0 Å². The van der Waals surface area contributed by atoms with E-state index in [9.17, 15) is 0 Å². The maximum absolute atomic E-state index is 2.36. The van der Waals surface area contributed by atoms with Gasteiger partial charge in [-0.15, -0.1) is 0 Å². The van der Waals surface area contributed by atoms with Crippen LogP contribution >= 0.6 is 0 Å². The van der Waals surface area contributed by atoms with E-state index in [-0.39, 0.29) is 0 Å². The average Bonchev–Trinajstić information content (AvgIpc) is 2.58. The minimum atomic E-state index is 0.534. The largest absolute Gasteiger partial charge is 0.306 e. The standard InChI is InChI=1S/C10H21N.C10H20.2C9H18/c1-10(2,3)8-6-9(7-8)11(4)5;1-5-8-6-9(7-8)10(2,3)4;2*1-7-5-8(6-7)9(2,3)4/h8-9H,6-7H2,1-5H3;8-9H,5-7H2,1-4H3;2*7-8H,5-6H2,1-4H3. The molecule has 0 amide bonds. The van der Waals surface area contributed by atoms with Gasteiger partial charge in [0.1, 0.15) is 0 Å². The van der Waals surface area contributed by atoms with Gasteiger partial charge in [-0.05, 0) is 129 Å². The highest BCUT2D eigenvalue weighted by atomic mass is 15.1. The zero-order valence-corrected chi connectivity index (χ0v) is 30.4. The fraction of sp³-hybridized carbons (Fsp3) is 1.00. The highest BCUT2D eigenvalue weighted by Gasteiger charge is 2.38. The van der Waals surface area contributed by atoms with Crippen molar-refractivity contribution in [3.8, 4) is 0 Å². The molecule has 4 aliphatic carbocycles. The predicted molar refractivity (Wildman–Crippen MR) is 178 cm³/mol. The van der Waals surface area contributed by atoms with Crippen LogP contribution in [0.4, 0.5) is 0 Å². The first kappa shape index (κ1) is 37.0. The molecule has 0 aromatic carbocycles. The van der Waals surface area contributed by atoms with Crippen LogP contribution < -0.4 is 0 Å². The quantitative estimate of drug-likeness (QED) is 0.332. The van der Waals surface area contributed by atoms with Gasteiger partial charge in [0.05, 0.1) is 0 Å². The molecule has 234 valence electrons. The van der Waals surface area contributed by atoms with Gasteiger partial charge in [0.15, 0.2) is 0 Å². The fourth-order valence-electron chi connectivity index (χ4n) is 6.71. The summed E-state index contributed by atoms with van der Waals surface area (Å²) in [6.45, 7) is 35.3. The van der Waals surface area contributed by atoms with Gasteiger partial charge in [0, 0.05) is 6.04 Å². The van der Waals surface area contributed by atoms with Crippen molar-refractivity contribution in [1.29, 1.82) is 0 Å². The Balaban J connectivity index is 0.000000261. The summed E-state index contributed by atoms with van der Waals surface area (Å²) in [5.41, 5.74) is 2.26. The fourth-order valence-corrected chi connectivity index (χ4v) is 6.71. The zero-order valence-electron chi connectivity index (χ0n) is 30.4. The summed E-state index contributed by atoms with van der Waals surface area (Å²) >= 11 is 0. The summed E-state index contributed by atoms with van der Waals surface area (Å²) in [4.78, 5) is 2.35. The van der Waals surface area contributed by atoms with Crippen molar-refractivity contribution in [2.45, 2.75) is 168 Å². The molecule has 1 heteroatoms. The van der Waals surface area contributed by atoms with Crippen molar-refractivity contribution < 1.29 is 0 Å². The van der Waals surface area contributed by atoms with Crippen molar-refractivity contribution >= 4 is 0 Å². The highest BCUT2D eigenvalue weighted by Crippen LogP contribution is 2.47. The molecule has 0 heterocycles. The van der Waals surface area contributed by atoms with Crippen LogP contribution in [0.3, 0.4) is 0 Å². The predicted octanol–water partition coefficient (Wildman–Crippen LogP) is 12.0. The van der Waals surface area contributed by atoms with Crippen LogP contribution in [-0.2, 0) is 0 Å². The average molecular weight is 548 g/mol. The lowest BCUT2D eigenvalue weighted by Crippen LogP contribution is -2.45. The normalized spacial score (nSPS) is 34.3. The molecule has 4 aliphatic rings. The first-order valence-corrected chi connectivity index (χ1v) is 17.1. The molecule has 39 heavy (non-hydrogen) atoms. The molecule has 0 radical (unpaired) electrons. The third-order valence-electron chi connectivity index (χ3n) is 11.3. The Labute approximate surface area is 249 Å². The highest BCUT2D eigenvalue weighted by molar-refractivity contribution is 4.91. The molecular weight excluding hydrogens is 470 g/mol. The smallest absolute Gasteiger partial charge is 0.00948 e. The Morgan fingerprint density at radius 2 is 0.718 bits per heavy atom. The van der Waals surface area contributed by atoms with E-state index >= 15 is 0 Å². The monoisotopic (exact) mass is 548 g/mol. The molecule has 0 N–H and O–H groups in total. The van der Waals surface area contributed by atoms with Crippen molar-refractivity contribution in [2.24, 2.45) is 63.1 Å². The van der Waals surface area contributed by atoms with Crippen LogP contribution in [-0.4, -0.2) is 25.0 Å². The molecule has 0 aliphatic heterocycles. The van der Waals surface area contributed by atoms with Gasteiger partial charge in [0.25, 0.3) is 0 Å². The Bertz CT molecular complexity index is 623. The maximum atomic E-state index is 2.36. The molecule has 0 unspecified atom stereocenters. The number of hydrogen-bond acceptors (Lipinski definition) is 1. The molecule has 0 aromatic heterocycles. The first-order chi connectivity index (χ1) is 17.4. The Morgan fingerprint density at radius 3 is 0.897 bits per heavy atom. The zero-order chi connectivity index (χ0) is 30.6. The lowest BCUT2D eigenvalue weighted by Gasteiger charge is -2.46. The minimum absolute atomic E-state index is 0.534. The molecule has 0 spiro atoms. The van der Waals surface area contributed by atoms with Crippen LogP contribution in [0.25, 0.3) is 0 Å². The molecule has 4 fully saturated rings. The van der Waals surface area contributed by atoms with Crippen LogP contribution in [0.5, 0.6) is 0 Å². The van der Waals surface area contributed by atoms with E-state index < -0.39 is 0 Å². The van der Waals surface area contributed by atoms with Gasteiger partial charge in [-0.3, -0.25) is 0 Å². The van der Waals surface area contributed by atoms with Gasteiger partial charge < -0.3 is 4.90 Å². The van der Waals surface area contributed by atoms with Crippen molar-refractivity contribution in [1.82, 2.24) is 4.90 Å². The van der Waals surface area contributed by atoms with E-state index in [0.717, 1.165) is 47.5 Å². The van der Waals surface area contributed by atoms with Crippen LogP contribution in [0, 0.1) is 63.1 Å². The second-order valence-electron chi connectivity index (χ2n) is 19.2. The maximum Gasteiger partial charge on any atom is 0.00948 e. The summed E-state index contributed by atoms with van der Waals surface area (Å²) in [6.07, 6.45) is 13.0. The molecule has 0 aromatic rings. The molecule has 0 atom stereocenters. The van der Waals surface area contributed by atoms with E-state index in [1.165, 1.54) is 57.8 Å². The molecule has 1 nitrogen and oxygen atoms in total. The minimum Gasteiger partial charge on any atom is -0.306 e. The second-order valence-corrected chi connectivity index (χ2v) is 19.2. The Morgan fingerprint density at radius 1 is 0.462 bits per heavy atom. The van der Waals surface area contributed by atoms with Crippen molar-refractivity contribution in [2.75, 3.05) is 14.1 Å². The Hall–Kier alpha value is -0.0400.